The number of carbonyl (C=O) groups excluding carboxylic acids is 1. The second-order valence-electron chi connectivity index (χ2n) is 5.70. The number of para-hydroxylation sites is 1. The number of fused-ring (bicyclic) bond motifs is 1. The molecule has 1 aromatic heterocycles. The van der Waals surface area contributed by atoms with E-state index in [1.165, 1.54) is 5.56 Å². The molecule has 0 unspecified atom stereocenters. The predicted molar refractivity (Wildman–Crippen MR) is 101 cm³/mol. The molecule has 0 aliphatic rings. The Hall–Kier alpha value is -2.60. The highest BCUT2D eigenvalue weighted by Gasteiger charge is 2.05. The van der Waals surface area contributed by atoms with Gasteiger partial charge in [-0.15, -0.1) is 11.3 Å². The van der Waals surface area contributed by atoms with E-state index in [0.29, 0.717) is 19.7 Å². The van der Waals surface area contributed by atoms with E-state index in [4.69, 9.17) is 4.74 Å². The molecule has 3 rings (SSSR count). The highest BCUT2D eigenvalue weighted by molar-refractivity contribution is 7.18. The first-order valence-corrected chi connectivity index (χ1v) is 9.08. The fourth-order valence-electron chi connectivity index (χ4n) is 2.38. The Bertz CT molecular complexity index is 814. The van der Waals surface area contributed by atoms with Gasteiger partial charge < -0.3 is 15.4 Å². The molecule has 5 nitrogen and oxygen atoms in total. The minimum Gasteiger partial charge on any atom is -0.494 e. The zero-order valence-corrected chi connectivity index (χ0v) is 14.9. The van der Waals surface area contributed by atoms with E-state index in [2.05, 4.69) is 15.6 Å². The molecule has 0 aliphatic carbocycles. The van der Waals surface area contributed by atoms with Crippen molar-refractivity contribution in [3.8, 4) is 5.75 Å². The molecule has 0 spiro atoms. The standard InChI is InChI=1S/C19H21N3O2S/c1-14-6-4-7-15(12-14)24-11-5-10-20-19(23)21-13-18-22-16-8-2-3-9-17(16)25-18/h2-4,6-9,12H,5,10-11,13H2,1H3,(H2,20,21,23). The number of aromatic nitrogens is 1. The fraction of sp³-hybridized carbons (Fsp3) is 0.263. The molecule has 0 saturated carbocycles. The van der Waals surface area contributed by atoms with Gasteiger partial charge in [0.2, 0.25) is 0 Å². The molecule has 2 N–H and O–H groups in total. The van der Waals surface area contributed by atoms with Gasteiger partial charge in [0.25, 0.3) is 0 Å². The first-order chi connectivity index (χ1) is 12.2. The molecule has 0 bridgehead atoms. The van der Waals surface area contributed by atoms with Gasteiger partial charge in [0, 0.05) is 6.54 Å². The summed E-state index contributed by atoms with van der Waals surface area (Å²) in [6.07, 6.45) is 0.752. The van der Waals surface area contributed by atoms with Crippen LogP contribution in [0.2, 0.25) is 0 Å². The third-order valence-corrected chi connectivity index (χ3v) is 4.64. The average molecular weight is 355 g/mol. The average Bonchev–Trinajstić information content (AvgIpc) is 3.03. The maximum Gasteiger partial charge on any atom is 0.315 e. The Morgan fingerprint density at radius 3 is 2.88 bits per heavy atom. The van der Waals surface area contributed by atoms with Crippen LogP contribution in [0.5, 0.6) is 5.75 Å². The molecule has 3 aromatic rings. The molecule has 25 heavy (non-hydrogen) atoms. The van der Waals surface area contributed by atoms with Crippen LogP contribution >= 0.6 is 11.3 Å². The lowest BCUT2D eigenvalue weighted by Crippen LogP contribution is -2.35. The molecule has 0 radical (unpaired) electrons. The van der Waals surface area contributed by atoms with Gasteiger partial charge in [-0.05, 0) is 43.2 Å². The van der Waals surface area contributed by atoms with E-state index in [1.807, 2.05) is 55.5 Å². The van der Waals surface area contributed by atoms with Gasteiger partial charge in [0.15, 0.2) is 0 Å². The number of nitrogens with zero attached hydrogens (tertiary/aromatic N) is 1. The molecule has 1 heterocycles. The maximum absolute atomic E-state index is 11.8. The quantitative estimate of drug-likeness (QED) is 0.632. The molecule has 2 aromatic carbocycles. The SMILES string of the molecule is Cc1cccc(OCCCNC(=O)NCc2nc3ccccc3s2)c1. The van der Waals surface area contributed by atoms with Gasteiger partial charge in [-0.1, -0.05) is 24.3 Å². The number of benzene rings is 2. The molecule has 6 heteroatoms. The number of carbonyl (C=O) groups is 1. The molecule has 0 saturated heterocycles. The maximum atomic E-state index is 11.8. The van der Waals surface area contributed by atoms with E-state index in [9.17, 15) is 4.79 Å². The van der Waals surface area contributed by atoms with Crippen molar-refractivity contribution >= 4 is 27.6 Å². The number of urea groups is 1. The van der Waals surface area contributed by atoms with E-state index in [0.717, 1.165) is 27.4 Å². The van der Waals surface area contributed by atoms with Crippen LogP contribution in [0.25, 0.3) is 10.2 Å². The normalized spacial score (nSPS) is 10.6. The molecular formula is C19H21N3O2S. The molecule has 130 valence electrons. The summed E-state index contributed by atoms with van der Waals surface area (Å²) in [5.74, 6) is 0.861. The van der Waals surface area contributed by atoms with Gasteiger partial charge in [-0.2, -0.15) is 0 Å². The van der Waals surface area contributed by atoms with Crippen molar-refractivity contribution in [2.45, 2.75) is 19.9 Å². The van der Waals surface area contributed by atoms with Crippen LogP contribution < -0.4 is 15.4 Å². The van der Waals surface area contributed by atoms with E-state index in [-0.39, 0.29) is 6.03 Å². The number of hydrogen-bond donors (Lipinski definition) is 2. The largest absolute Gasteiger partial charge is 0.494 e. The van der Waals surface area contributed by atoms with Crippen molar-refractivity contribution < 1.29 is 9.53 Å². The second-order valence-corrected chi connectivity index (χ2v) is 6.82. The molecule has 0 fully saturated rings. The summed E-state index contributed by atoms with van der Waals surface area (Å²) in [5.41, 5.74) is 2.14. The Balaban J connectivity index is 1.33. The molecule has 0 aliphatic heterocycles. The Morgan fingerprint density at radius 1 is 1.16 bits per heavy atom. The van der Waals surface area contributed by atoms with E-state index < -0.39 is 0 Å². The zero-order chi connectivity index (χ0) is 17.5. The highest BCUT2D eigenvalue weighted by Crippen LogP contribution is 2.21. The van der Waals surface area contributed by atoms with Gasteiger partial charge in [-0.25, -0.2) is 9.78 Å². The van der Waals surface area contributed by atoms with Gasteiger partial charge in [0.1, 0.15) is 10.8 Å². The lowest BCUT2D eigenvalue weighted by Gasteiger charge is -2.08. The van der Waals surface area contributed by atoms with Crippen molar-refractivity contribution in [1.29, 1.82) is 0 Å². The minimum atomic E-state index is -0.185. The summed E-state index contributed by atoms with van der Waals surface area (Å²) in [7, 11) is 0. The fourth-order valence-corrected chi connectivity index (χ4v) is 3.29. The van der Waals surface area contributed by atoms with Gasteiger partial charge in [0.05, 0.1) is 23.4 Å². The van der Waals surface area contributed by atoms with Gasteiger partial charge >= 0.3 is 6.03 Å². The van der Waals surface area contributed by atoms with Crippen LogP contribution in [-0.2, 0) is 6.54 Å². The third-order valence-electron chi connectivity index (χ3n) is 3.60. The number of nitrogens with one attached hydrogen (secondary N) is 2. The highest BCUT2D eigenvalue weighted by atomic mass is 32.1. The van der Waals surface area contributed by atoms with Crippen LogP contribution in [0.1, 0.15) is 17.0 Å². The summed E-state index contributed by atoms with van der Waals surface area (Å²) in [6.45, 7) is 3.61. The third kappa shape index (κ3) is 5.19. The summed E-state index contributed by atoms with van der Waals surface area (Å²) >= 11 is 1.60. The van der Waals surface area contributed by atoms with Crippen molar-refractivity contribution in [3.05, 3.63) is 59.1 Å². The summed E-state index contributed by atoms with van der Waals surface area (Å²) in [6, 6.07) is 15.7. The van der Waals surface area contributed by atoms with Gasteiger partial charge in [-0.3, -0.25) is 0 Å². The van der Waals surface area contributed by atoms with Crippen molar-refractivity contribution in [2.24, 2.45) is 0 Å². The Labute approximate surface area is 151 Å². The van der Waals surface area contributed by atoms with E-state index in [1.54, 1.807) is 11.3 Å². The summed E-state index contributed by atoms with van der Waals surface area (Å²) < 4.78 is 6.78. The topological polar surface area (TPSA) is 63.2 Å². The Kier molecular flexibility index (Phi) is 5.85. The number of amides is 2. The molecule has 0 atom stereocenters. The first kappa shape index (κ1) is 17.2. The smallest absolute Gasteiger partial charge is 0.315 e. The van der Waals surface area contributed by atoms with Crippen LogP contribution in [0.15, 0.2) is 48.5 Å². The first-order valence-electron chi connectivity index (χ1n) is 8.26. The lowest BCUT2D eigenvalue weighted by atomic mass is 10.2. The number of thiazole rings is 1. The zero-order valence-electron chi connectivity index (χ0n) is 14.1. The predicted octanol–water partition coefficient (Wildman–Crippen LogP) is 3.87. The summed E-state index contributed by atoms with van der Waals surface area (Å²) in [5, 5.41) is 6.57. The van der Waals surface area contributed by atoms with Crippen molar-refractivity contribution in [1.82, 2.24) is 15.6 Å². The van der Waals surface area contributed by atoms with Crippen molar-refractivity contribution in [2.75, 3.05) is 13.2 Å². The van der Waals surface area contributed by atoms with Crippen LogP contribution in [0.4, 0.5) is 4.79 Å². The van der Waals surface area contributed by atoms with Crippen LogP contribution in [0.3, 0.4) is 0 Å². The van der Waals surface area contributed by atoms with Crippen LogP contribution in [-0.4, -0.2) is 24.2 Å². The second kappa shape index (κ2) is 8.48. The number of hydrogen-bond acceptors (Lipinski definition) is 4. The number of ether oxygens (including phenoxy) is 1. The number of rotatable bonds is 7. The molecular weight excluding hydrogens is 334 g/mol. The van der Waals surface area contributed by atoms with Crippen molar-refractivity contribution in [3.63, 3.8) is 0 Å². The van der Waals surface area contributed by atoms with E-state index >= 15 is 0 Å². The minimum absolute atomic E-state index is 0.185. The monoisotopic (exact) mass is 355 g/mol. The number of aryl methyl sites for hydroxylation is 1. The molecule has 2 amide bonds. The summed E-state index contributed by atoms with van der Waals surface area (Å²) in [4.78, 5) is 16.3. The Morgan fingerprint density at radius 2 is 2.04 bits per heavy atom. The lowest BCUT2D eigenvalue weighted by molar-refractivity contribution is 0.238. The van der Waals surface area contributed by atoms with Crippen LogP contribution in [0, 0.1) is 6.92 Å².